The summed E-state index contributed by atoms with van der Waals surface area (Å²) in [7, 11) is 4.12. The predicted octanol–water partition coefficient (Wildman–Crippen LogP) is 4.11. The normalized spacial score (nSPS) is 10.6. The van der Waals surface area contributed by atoms with Gasteiger partial charge < -0.3 is 10.2 Å². The third kappa shape index (κ3) is 4.09. The van der Waals surface area contributed by atoms with Gasteiger partial charge in [0, 0.05) is 37.3 Å². The molecule has 0 bridgehead atoms. The summed E-state index contributed by atoms with van der Waals surface area (Å²) in [5.41, 5.74) is 5.11. The van der Waals surface area contributed by atoms with Crippen molar-refractivity contribution < 1.29 is 0 Å². The van der Waals surface area contributed by atoms with Crippen LogP contribution in [0.3, 0.4) is 0 Å². The van der Waals surface area contributed by atoms with Crippen LogP contribution < -0.4 is 10.2 Å². The maximum atomic E-state index is 3.61. The van der Waals surface area contributed by atoms with Gasteiger partial charge in [0.05, 0.1) is 0 Å². The molecule has 20 heavy (non-hydrogen) atoms. The number of nitrogens with one attached hydrogen (secondary N) is 1. The van der Waals surface area contributed by atoms with E-state index >= 15 is 0 Å². The first-order valence-electron chi connectivity index (χ1n) is 6.78. The van der Waals surface area contributed by atoms with Crippen molar-refractivity contribution in [3.8, 4) is 0 Å². The van der Waals surface area contributed by atoms with Crippen LogP contribution in [0.5, 0.6) is 0 Å². The van der Waals surface area contributed by atoms with Crippen molar-refractivity contribution >= 4 is 21.6 Å². The largest absolute Gasteiger partial charge is 0.378 e. The fourth-order valence-corrected chi connectivity index (χ4v) is 2.68. The summed E-state index contributed by atoms with van der Waals surface area (Å²) < 4.78 is 1.17. The summed E-state index contributed by atoms with van der Waals surface area (Å²) in [6.07, 6.45) is 0. The molecule has 1 N–H and O–H groups in total. The van der Waals surface area contributed by atoms with Crippen molar-refractivity contribution in [1.82, 2.24) is 5.32 Å². The lowest BCUT2D eigenvalue weighted by atomic mass is 10.1. The van der Waals surface area contributed by atoms with Gasteiger partial charge in [-0.15, -0.1) is 0 Å². The number of halogens is 1. The molecule has 0 fully saturated rings. The van der Waals surface area contributed by atoms with Crippen LogP contribution in [-0.2, 0) is 13.1 Å². The Kier molecular flexibility index (Phi) is 5.21. The van der Waals surface area contributed by atoms with Gasteiger partial charge in [-0.05, 0) is 41.8 Å². The molecule has 0 unspecified atom stereocenters. The topological polar surface area (TPSA) is 15.3 Å². The fraction of sp³-hybridized carbons (Fsp3) is 0.294. The number of benzene rings is 2. The van der Waals surface area contributed by atoms with Gasteiger partial charge in [-0.3, -0.25) is 0 Å². The van der Waals surface area contributed by atoms with Crippen LogP contribution in [0.25, 0.3) is 0 Å². The second kappa shape index (κ2) is 6.91. The van der Waals surface area contributed by atoms with Crippen LogP contribution in [0.4, 0.5) is 5.69 Å². The monoisotopic (exact) mass is 332 g/mol. The molecule has 0 aliphatic heterocycles. The zero-order chi connectivity index (χ0) is 14.5. The SMILES string of the molecule is Cc1ccc(CNCc2ccc(N(C)C)cc2)c(Br)c1. The Morgan fingerprint density at radius 1 is 1.00 bits per heavy atom. The zero-order valence-corrected chi connectivity index (χ0v) is 13.9. The molecular formula is C17H21BrN2. The van der Waals surface area contributed by atoms with Crippen LogP contribution in [0, 0.1) is 6.92 Å². The van der Waals surface area contributed by atoms with Crippen molar-refractivity contribution in [3.05, 3.63) is 63.6 Å². The van der Waals surface area contributed by atoms with Crippen molar-refractivity contribution in [3.63, 3.8) is 0 Å². The quantitative estimate of drug-likeness (QED) is 0.886. The maximum absolute atomic E-state index is 3.61. The Morgan fingerprint density at radius 2 is 1.70 bits per heavy atom. The minimum absolute atomic E-state index is 0.871. The first-order valence-corrected chi connectivity index (χ1v) is 7.57. The van der Waals surface area contributed by atoms with Gasteiger partial charge in [0.2, 0.25) is 0 Å². The van der Waals surface area contributed by atoms with Gasteiger partial charge in [-0.1, -0.05) is 40.2 Å². The molecule has 0 amide bonds. The van der Waals surface area contributed by atoms with Crippen molar-refractivity contribution in [2.75, 3.05) is 19.0 Å². The number of hydrogen-bond acceptors (Lipinski definition) is 2. The average Bonchev–Trinajstić information content (AvgIpc) is 2.42. The number of rotatable bonds is 5. The van der Waals surface area contributed by atoms with Crippen molar-refractivity contribution in [2.24, 2.45) is 0 Å². The summed E-state index contributed by atoms with van der Waals surface area (Å²) in [4.78, 5) is 2.11. The van der Waals surface area contributed by atoms with Gasteiger partial charge in [-0.2, -0.15) is 0 Å². The van der Waals surface area contributed by atoms with E-state index in [9.17, 15) is 0 Å². The standard InChI is InChI=1S/C17H21BrN2/c1-13-4-7-15(17(18)10-13)12-19-11-14-5-8-16(9-6-14)20(2)3/h4-10,19H,11-12H2,1-3H3. The highest BCUT2D eigenvalue weighted by Crippen LogP contribution is 2.18. The van der Waals surface area contributed by atoms with E-state index < -0.39 is 0 Å². The van der Waals surface area contributed by atoms with E-state index in [0.29, 0.717) is 0 Å². The highest BCUT2D eigenvalue weighted by Gasteiger charge is 2.00. The van der Waals surface area contributed by atoms with Crippen LogP contribution in [-0.4, -0.2) is 14.1 Å². The molecule has 0 atom stereocenters. The Hall–Kier alpha value is -1.32. The molecule has 0 aromatic heterocycles. The molecule has 0 radical (unpaired) electrons. The van der Waals surface area contributed by atoms with E-state index in [-0.39, 0.29) is 0 Å². The van der Waals surface area contributed by atoms with E-state index in [1.54, 1.807) is 0 Å². The third-order valence-corrected chi connectivity index (χ3v) is 4.04. The molecular weight excluding hydrogens is 312 g/mol. The zero-order valence-electron chi connectivity index (χ0n) is 12.3. The molecule has 2 aromatic rings. The Labute approximate surface area is 129 Å². The second-order valence-electron chi connectivity index (χ2n) is 5.26. The van der Waals surface area contributed by atoms with E-state index in [4.69, 9.17) is 0 Å². The fourth-order valence-electron chi connectivity index (χ4n) is 2.05. The average molecular weight is 333 g/mol. The number of anilines is 1. The van der Waals surface area contributed by atoms with Crippen molar-refractivity contribution in [1.29, 1.82) is 0 Å². The van der Waals surface area contributed by atoms with E-state index in [0.717, 1.165) is 13.1 Å². The summed E-state index contributed by atoms with van der Waals surface area (Å²) in [5, 5.41) is 3.48. The molecule has 2 aromatic carbocycles. The number of hydrogen-bond donors (Lipinski definition) is 1. The van der Waals surface area contributed by atoms with Crippen LogP contribution >= 0.6 is 15.9 Å². The van der Waals surface area contributed by atoms with E-state index in [1.165, 1.54) is 26.9 Å². The molecule has 106 valence electrons. The smallest absolute Gasteiger partial charge is 0.0361 e. The second-order valence-corrected chi connectivity index (χ2v) is 6.11. The lowest BCUT2D eigenvalue weighted by Crippen LogP contribution is -2.13. The third-order valence-electron chi connectivity index (χ3n) is 3.31. The molecule has 2 nitrogen and oxygen atoms in total. The first kappa shape index (κ1) is 15.1. The molecule has 0 spiro atoms. The van der Waals surface area contributed by atoms with Gasteiger partial charge in [0.1, 0.15) is 0 Å². The summed E-state index contributed by atoms with van der Waals surface area (Å²) in [5.74, 6) is 0. The number of aryl methyl sites for hydroxylation is 1. The summed E-state index contributed by atoms with van der Waals surface area (Å²) >= 11 is 3.61. The molecule has 0 heterocycles. The molecule has 0 saturated heterocycles. The van der Waals surface area contributed by atoms with Crippen molar-refractivity contribution in [2.45, 2.75) is 20.0 Å². The molecule has 0 aliphatic carbocycles. The van der Waals surface area contributed by atoms with Gasteiger partial charge in [0.25, 0.3) is 0 Å². The van der Waals surface area contributed by atoms with Gasteiger partial charge >= 0.3 is 0 Å². The highest BCUT2D eigenvalue weighted by molar-refractivity contribution is 9.10. The number of nitrogens with zero attached hydrogens (tertiary/aromatic N) is 1. The first-order chi connectivity index (χ1) is 9.56. The van der Waals surface area contributed by atoms with Crippen LogP contribution in [0.2, 0.25) is 0 Å². The van der Waals surface area contributed by atoms with Gasteiger partial charge in [0.15, 0.2) is 0 Å². The van der Waals surface area contributed by atoms with E-state index in [1.807, 2.05) is 0 Å². The summed E-state index contributed by atoms with van der Waals surface area (Å²) in [6.45, 7) is 3.86. The van der Waals surface area contributed by atoms with Crippen LogP contribution in [0.15, 0.2) is 46.9 Å². The molecule has 3 heteroatoms. The molecule has 0 saturated carbocycles. The van der Waals surface area contributed by atoms with Crippen LogP contribution in [0.1, 0.15) is 16.7 Å². The minimum atomic E-state index is 0.871. The molecule has 0 aliphatic rings. The van der Waals surface area contributed by atoms with E-state index in [2.05, 4.69) is 89.6 Å². The maximum Gasteiger partial charge on any atom is 0.0361 e. The Morgan fingerprint density at radius 3 is 2.30 bits per heavy atom. The van der Waals surface area contributed by atoms with Gasteiger partial charge in [-0.25, -0.2) is 0 Å². The lowest BCUT2D eigenvalue weighted by molar-refractivity contribution is 0.691. The molecule has 2 rings (SSSR count). The predicted molar refractivity (Wildman–Crippen MR) is 90.2 cm³/mol. The Bertz CT molecular complexity index is 562. The lowest BCUT2D eigenvalue weighted by Gasteiger charge is -2.13. The minimum Gasteiger partial charge on any atom is -0.378 e. The Balaban J connectivity index is 1.89. The summed E-state index contributed by atoms with van der Waals surface area (Å²) in [6, 6.07) is 15.1. The highest BCUT2D eigenvalue weighted by atomic mass is 79.9.